The van der Waals surface area contributed by atoms with Gasteiger partial charge in [-0.3, -0.25) is 14.9 Å². The van der Waals surface area contributed by atoms with Gasteiger partial charge in [0.1, 0.15) is 0 Å². The summed E-state index contributed by atoms with van der Waals surface area (Å²) in [6.07, 6.45) is 0. The predicted molar refractivity (Wildman–Crippen MR) is 111 cm³/mol. The van der Waals surface area contributed by atoms with Crippen LogP contribution in [0.5, 0.6) is 0 Å². The Morgan fingerprint density at radius 1 is 1.07 bits per heavy atom. The number of aryl methyl sites for hydroxylation is 3. The van der Waals surface area contributed by atoms with Crippen LogP contribution < -0.4 is 0 Å². The molecule has 2 rings (SSSR count). The number of carbonyl (C=O) groups is 1. The van der Waals surface area contributed by atoms with Gasteiger partial charge < -0.3 is 0 Å². The highest BCUT2D eigenvalue weighted by molar-refractivity contribution is 14.2. The number of hydrogen-bond donors (Lipinski definition) is 0. The third kappa shape index (κ3) is 4.66. The second-order valence-corrected chi connectivity index (χ2v) is 11.3. The van der Waals surface area contributed by atoms with E-state index in [0.29, 0.717) is 3.57 Å². The van der Waals surface area contributed by atoms with Crippen molar-refractivity contribution < 1.29 is 26.9 Å². The monoisotopic (exact) mass is 523 g/mol. The first-order valence-corrected chi connectivity index (χ1v) is 11.6. The van der Waals surface area contributed by atoms with E-state index in [1.54, 1.807) is 26.0 Å². The standard InChI is InChI=1S/C18H16F2INO5S/c1-10-8-11(2)15(12(3)9-10)21-17(28(26,27)18(19)20)16(23)13-4-6-14(7-5-13)22(24)25/h4-9,18H,1-3H3. The third-order valence-corrected chi connectivity index (χ3v) is 10.5. The number of halogens is 3. The van der Waals surface area contributed by atoms with Crippen molar-refractivity contribution in [3.8, 4) is 0 Å². The molecule has 0 fully saturated rings. The van der Waals surface area contributed by atoms with Crippen LogP contribution in [-0.4, -0.2) is 27.7 Å². The van der Waals surface area contributed by atoms with Gasteiger partial charge in [-0.1, -0.05) is 38.4 Å². The minimum absolute atomic E-state index is 0.188. The predicted octanol–water partition coefficient (Wildman–Crippen LogP) is 4.31. The van der Waals surface area contributed by atoms with Gasteiger partial charge in [-0.05, 0) is 44.0 Å². The Morgan fingerprint density at radius 3 is 2.00 bits per heavy atom. The number of alkyl halides is 2. The number of nitro benzene ring substituents is 1. The number of nitro groups is 1. The maximum absolute atomic E-state index is 13.2. The van der Waals surface area contributed by atoms with E-state index < -0.39 is 49.9 Å². The van der Waals surface area contributed by atoms with Gasteiger partial charge in [0, 0.05) is 21.3 Å². The minimum atomic E-state index is -5.11. The van der Waals surface area contributed by atoms with Crippen molar-refractivity contribution in [2.45, 2.75) is 26.5 Å². The number of hydrogen-bond acceptors (Lipinski definition) is 5. The highest BCUT2D eigenvalue weighted by Crippen LogP contribution is 2.28. The van der Waals surface area contributed by atoms with Gasteiger partial charge in [0.15, 0.2) is 2.84 Å². The molecule has 0 radical (unpaired) electrons. The molecule has 2 aromatic carbocycles. The molecule has 0 aliphatic rings. The van der Waals surface area contributed by atoms with Gasteiger partial charge in [-0.15, -0.1) is 0 Å². The minimum Gasteiger partial charge on any atom is -0.287 e. The summed E-state index contributed by atoms with van der Waals surface area (Å²) in [5.41, 5.74) is 1.90. The molecule has 0 aliphatic heterocycles. The molecule has 0 N–H and O–H groups in total. The number of rotatable bonds is 6. The molecular formula is C18H16F2INO5S. The second kappa shape index (κ2) is 8.52. The van der Waals surface area contributed by atoms with Crippen LogP contribution >= 0.6 is 20.7 Å². The number of sulfone groups is 1. The summed E-state index contributed by atoms with van der Waals surface area (Å²) < 4.78 is 50.7. The Balaban J connectivity index is 2.67. The Kier molecular flexibility index (Phi) is 6.75. The number of ketones is 1. The Hall–Kier alpha value is -2.08. The molecule has 0 heterocycles. The number of benzene rings is 2. The molecule has 0 aliphatic carbocycles. The molecule has 28 heavy (non-hydrogen) atoms. The van der Waals surface area contributed by atoms with Crippen LogP contribution in [0.25, 0.3) is 0 Å². The first kappa shape index (κ1) is 22.2. The van der Waals surface area contributed by atoms with Crippen LogP contribution in [-0.2, 0) is 9.84 Å². The van der Waals surface area contributed by atoms with Crippen molar-refractivity contribution >= 4 is 44.9 Å². The van der Waals surface area contributed by atoms with Crippen molar-refractivity contribution in [1.82, 2.24) is 0 Å². The lowest BCUT2D eigenvalue weighted by molar-refractivity contribution is -0.384. The largest absolute Gasteiger partial charge is 0.341 e. The highest BCUT2D eigenvalue weighted by Gasteiger charge is 2.35. The molecule has 0 aromatic heterocycles. The topological polar surface area (TPSA) is 94.3 Å². The summed E-state index contributed by atoms with van der Waals surface area (Å²) in [4.78, 5) is 22.8. The van der Waals surface area contributed by atoms with Crippen LogP contribution in [0.3, 0.4) is 0 Å². The molecule has 0 saturated carbocycles. The average Bonchev–Trinajstić information content (AvgIpc) is 2.60. The molecule has 0 amide bonds. The summed E-state index contributed by atoms with van der Waals surface area (Å²) in [5, 5.41) is 10.7. The van der Waals surface area contributed by atoms with Crippen molar-refractivity contribution in [3.63, 3.8) is 0 Å². The van der Waals surface area contributed by atoms with E-state index in [1.165, 1.54) is 0 Å². The number of Topliss-reactive ketones (excluding diaryl/α,β-unsaturated/α-hetero) is 1. The third-order valence-electron chi connectivity index (χ3n) is 3.76. The summed E-state index contributed by atoms with van der Waals surface area (Å²) in [6.45, 7) is 5.32. The van der Waals surface area contributed by atoms with E-state index in [9.17, 15) is 32.1 Å². The van der Waals surface area contributed by atoms with Crippen molar-refractivity contribution in [2.75, 3.05) is 0 Å². The van der Waals surface area contributed by atoms with E-state index in [4.69, 9.17) is 0 Å². The molecular weight excluding hydrogens is 507 g/mol. The number of carbonyl (C=O) groups excluding carboxylic acids is 1. The zero-order valence-corrected chi connectivity index (χ0v) is 18.0. The Labute approximate surface area is 170 Å². The lowest BCUT2D eigenvalue weighted by atomic mass is 10.1. The van der Waals surface area contributed by atoms with Gasteiger partial charge in [0.2, 0.25) is 15.6 Å². The van der Waals surface area contributed by atoms with Gasteiger partial charge in [-0.25, -0.2) is 8.42 Å². The van der Waals surface area contributed by atoms with Crippen LogP contribution in [0, 0.1) is 34.5 Å². The van der Waals surface area contributed by atoms with E-state index in [1.807, 2.05) is 6.92 Å². The lowest BCUT2D eigenvalue weighted by Gasteiger charge is -2.11. The molecule has 0 atom stereocenters. The summed E-state index contributed by atoms with van der Waals surface area (Å²) >= 11 is -1.74. The molecule has 10 heteroatoms. The highest BCUT2D eigenvalue weighted by atomic mass is 127. The molecule has 150 valence electrons. The Morgan fingerprint density at radius 2 is 1.57 bits per heavy atom. The summed E-state index contributed by atoms with van der Waals surface area (Å²) in [6, 6.07) is 7.79. The first-order chi connectivity index (χ1) is 12.9. The van der Waals surface area contributed by atoms with Crippen LogP contribution in [0.15, 0.2) is 36.4 Å². The molecule has 0 saturated heterocycles. The van der Waals surface area contributed by atoms with E-state index in [2.05, 4.69) is 0 Å². The normalized spacial score (nSPS) is 12.6. The van der Waals surface area contributed by atoms with Crippen LogP contribution in [0.4, 0.5) is 14.5 Å². The molecule has 0 spiro atoms. The van der Waals surface area contributed by atoms with Crippen molar-refractivity contribution in [2.24, 2.45) is 0 Å². The smallest absolute Gasteiger partial charge is 0.287 e. The van der Waals surface area contributed by atoms with Crippen molar-refractivity contribution in [1.29, 1.82) is 0 Å². The lowest BCUT2D eigenvalue weighted by Crippen LogP contribution is -2.28. The fourth-order valence-corrected chi connectivity index (χ4v) is 7.41. The average molecular weight is 523 g/mol. The van der Waals surface area contributed by atoms with E-state index >= 15 is 0 Å². The number of nitrogens with zero attached hydrogens (tertiary/aromatic N) is 1. The van der Waals surface area contributed by atoms with Gasteiger partial charge in [-0.2, -0.15) is 8.78 Å². The maximum atomic E-state index is 13.2. The summed E-state index contributed by atoms with van der Waals surface area (Å²) in [5.74, 6) is -4.78. The molecule has 2 aromatic rings. The van der Waals surface area contributed by atoms with Crippen molar-refractivity contribution in [3.05, 3.63) is 72.3 Å². The quantitative estimate of drug-likeness (QED) is 0.244. The molecule has 0 bridgehead atoms. The fraction of sp³-hybridized carbons (Fsp3) is 0.222. The maximum Gasteiger partial charge on any atom is 0.341 e. The van der Waals surface area contributed by atoms with Crippen LogP contribution in [0.2, 0.25) is 0 Å². The fourth-order valence-electron chi connectivity index (χ4n) is 2.55. The van der Waals surface area contributed by atoms with Gasteiger partial charge in [0.25, 0.3) is 5.69 Å². The Bertz CT molecular complexity index is 1060. The van der Waals surface area contributed by atoms with Crippen LogP contribution in [0.1, 0.15) is 27.0 Å². The van der Waals surface area contributed by atoms with Gasteiger partial charge in [0.05, 0.1) is 4.92 Å². The van der Waals surface area contributed by atoms with Gasteiger partial charge >= 0.3 is 5.76 Å². The molecule has 0 unspecified atom stereocenters. The first-order valence-electron chi connectivity index (χ1n) is 7.86. The SMILES string of the molecule is Cc1cc(C)c(I=C(C(=O)c2ccc([N+](=O)[O-])cc2)S(=O)(=O)C(F)F)c(C)c1. The summed E-state index contributed by atoms with van der Waals surface area (Å²) in [7, 11) is -5.11. The van der Waals surface area contributed by atoms with E-state index in [0.717, 1.165) is 41.0 Å². The zero-order valence-electron chi connectivity index (χ0n) is 15.1. The second-order valence-electron chi connectivity index (χ2n) is 6.02. The molecule has 6 nitrogen and oxygen atoms in total. The van der Waals surface area contributed by atoms with E-state index in [-0.39, 0.29) is 11.3 Å². The zero-order chi connectivity index (χ0) is 21.2. The number of non-ortho nitro benzene ring substituents is 1.